The van der Waals surface area contributed by atoms with Crippen LogP contribution < -0.4 is 11.1 Å². The Kier molecular flexibility index (Phi) is 3.97. The Hall–Kier alpha value is -0.610. The highest BCUT2D eigenvalue weighted by Gasteiger charge is 2.39. The molecule has 0 spiro atoms. The average Bonchev–Trinajstić information content (AvgIpc) is 1.97. The first-order chi connectivity index (χ1) is 7.24. The summed E-state index contributed by atoms with van der Waals surface area (Å²) in [6, 6.07) is 0. The van der Waals surface area contributed by atoms with E-state index in [-0.39, 0.29) is 17.0 Å². The van der Waals surface area contributed by atoms with Crippen LogP contribution in [0, 0.1) is 0 Å². The number of nitrogens with two attached hydrogens (primary N) is 1. The Labute approximate surface area is 98.6 Å². The molecule has 0 unspecified atom stereocenters. The maximum atomic E-state index is 11.6. The van der Waals surface area contributed by atoms with Crippen molar-refractivity contribution in [1.82, 2.24) is 10.2 Å². The van der Waals surface area contributed by atoms with Crippen molar-refractivity contribution in [2.45, 2.75) is 51.6 Å². The molecule has 1 amide bonds. The average molecular weight is 227 g/mol. The normalized spacial score (nSPS) is 20.3. The fourth-order valence-corrected chi connectivity index (χ4v) is 2.27. The molecular formula is C12H25N3O. The van der Waals surface area contributed by atoms with Gasteiger partial charge in [-0.25, -0.2) is 0 Å². The van der Waals surface area contributed by atoms with Crippen LogP contribution >= 0.6 is 0 Å². The molecule has 0 aliphatic carbocycles. The van der Waals surface area contributed by atoms with Crippen molar-refractivity contribution in [1.29, 1.82) is 0 Å². The van der Waals surface area contributed by atoms with E-state index in [2.05, 4.69) is 17.1 Å². The summed E-state index contributed by atoms with van der Waals surface area (Å²) in [5.41, 5.74) is 5.94. The van der Waals surface area contributed by atoms with Gasteiger partial charge in [-0.1, -0.05) is 13.3 Å². The Bertz CT molecular complexity index is 251. The van der Waals surface area contributed by atoms with Crippen LogP contribution in [0.4, 0.5) is 0 Å². The number of likely N-dealkylation sites (tertiary alicyclic amines) is 1. The molecule has 0 aromatic carbocycles. The van der Waals surface area contributed by atoms with E-state index in [0.29, 0.717) is 6.54 Å². The van der Waals surface area contributed by atoms with Gasteiger partial charge in [0.25, 0.3) is 0 Å². The monoisotopic (exact) mass is 227 g/mol. The summed E-state index contributed by atoms with van der Waals surface area (Å²) in [6.45, 7) is 10.3. The number of carbonyl (C=O) groups excluding carboxylic acids is 1. The number of rotatable bonds is 4. The quantitative estimate of drug-likeness (QED) is 0.744. The highest BCUT2D eigenvalue weighted by molar-refractivity contribution is 5.78. The Balaban J connectivity index is 2.25. The predicted molar refractivity (Wildman–Crippen MR) is 66.2 cm³/mol. The third-order valence-electron chi connectivity index (χ3n) is 2.71. The van der Waals surface area contributed by atoms with Crippen molar-refractivity contribution in [3.8, 4) is 0 Å². The molecule has 1 rings (SSSR count). The van der Waals surface area contributed by atoms with Crippen LogP contribution in [0.15, 0.2) is 0 Å². The van der Waals surface area contributed by atoms with Crippen LogP contribution in [-0.2, 0) is 4.79 Å². The van der Waals surface area contributed by atoms with E-state index in [1.54, 1.807) is 0 Å². The molecular weight excluding hydrogens is 202 g/mol. The summed E-state index contributed by atoms with van der Waals surface area (Å²) in [4.78, 5) is 13.7. The fraction of sp³-hybridized carbons (Fsp3) is 0.917. The number of hydrogen-bond donors (Lipinski definition) is 2. The van der Waals surface area contributed by atoms with E-state index in [9.17, 15) is 4.79 Å². The zero-order valence-corrected chi connectivity index (χ0v) is 11.0. The molecule has 4 heteroatoms. The van der Waals surface area contributed by atoms with Gasteiger partial charge in [-0.15, -0.1) is 0 Å². The highest BCUT2D eigenvalue weighted by atomic mass is 16.2. The molecule has 0 bridgehead atoms. The molecule has 0 saturated carbocycles. The molecule has 0 radical (unpaired) electrons. The van der Waals surface area contributed by atoms with Gasteiger partial charge < -0.3 is 11.1 Å². The van der Waals surface area contributed by atoms with E-state index >= 15 is 0 Å². The second kappa shape index (κ2) is 4.72. The molecule has 0 aromatic rings. The number of hydrogen-bond acceptors (Lipinski definition) is 3. The van der Waals surface area contributed by atoms with Gasteiger partial charge in [0.2, 0.25) is 5.91 Å². The lowest BCUT2D eigenvalue weighted by molar-refractivity contribution is -0.125. The highest BCUT2D eigenvalue weighted by Crippen LogP contribution is 2.22. The molecule has 0 aromatic heterocycles. The van der Waals surface area contributed by atoms with E-state index in [4.69, 9.17) is 5.73 Å². The second-order valence-corrected chi connectivity index (χ2v) is 6.06. The summed E-state index contributed by atoms with van der Waals surface area (Å²) in [5.74, 6) is 0.0889. The van der Waals surface area contributed by atoms with Crippen molar-refractivity contribution in [3.63, 3.8) is 0 Å². The molecule has 94 valence electrons. The topological polar surface area (TPSA) is 58.4 Å². The predicted octanol–water partition coefficient (Wildman–Crippen LogP) is 0.714. The molecule has 1 saturated heterocycles. The van der Waals surface area contributed by atoms with Crippen LogP contribution in [0.3, 0.4) is 0 Å². The van der Waals surface area contributed by atoms with E-state index in [1.165, 1.54) is 0 Å². The summed E-state index contributed by atoms with van der Waals surface area (Å²) in [5, 5.41) is 2.96. The van der Waals surface area contributed by atoms with E-state index in [1.807, 2.05) is 20.8 Å². The van der Waals surface area contributed by atoms with Gasteiger partial charge in [-0.2, -0.15) is 0 Å². The summed E-state index contributed by atoms with van der Waals surface area (Å²) in [7, 11) is 0. The molecule has 1 fully saturated rings. The largest absolute Gasteiger partial charge is 0.350 e. The molecule has 4 nitrogen and oxygen atoms in total. The second-order valence-electron chi connectivity index (χ2n) is 6.06. The zero-order chi connectivity index (χ0) is 12.4. The van der Waals surface area contributed by atoms with Crippen molar-refractivity contribution < 1.29 is 4.79 Å². The van der Waals surface area contributed by atoms with E-state index in [0.717, 1.165) is 25.9 Å². The van der Waals surface area contributed by atoms with Crippen molar-refractivity contribution in [2.24, 2.45) is 5.73 Å². The van der Waals surface area contributed by atoms with Gasteiger partial charge >= 0.3 is 0 Å². The fourth-order valence-electron chi connectivity index (χ4n) is 2.27. The first-order valence-corrected chi connectivity index (χ1v) is 6.06. The minimum atomic E-state index is -0.148. The molecule has 0 atom stereocenters. The third-order valence-corrected chi connectivity index (χ3v) is 2.71. The minimum absolute atomic E-state index is 0.0449. The standard InChI is InChI=1S/C12H25N3O/c1-5-6-12(13)8-15(9-12)7-10(16)14-11(2,3)4/h5-9,13H2,1-4H3,(H,14,16). The van der Waals surface area contributed by atoms with Gasteiger partial charge in [-0.3, -0.25) is 9.69 Å². The van der Waals surface area contributed by atoms with Crippen LogP contribution in [0.5, 0.6) is 0 Å². The lowest BCUT2D eigenvalue weighted by Crippen LogP contribution is -2.68. The molecule has 1 aliphatic rings. The lowest BCUT2D eigenvalue weighted by Gasteiger charge is -2.47. The summed E-state index contributed by atoms with van der Waals surface area (Å²) < 4.78 is 0. The maximum Gasteiger partial charge on any atom is 0.234 e. The molecule has 3 N–H and O–H groups in total. The van der Waals surface area contributed by atoms with Crippen LogP contribution in [0.25, 0.3) is 0 Å². The van der Waals surface area contributed by atoms with Crippen LogP contribution in [0.2, 0.25) is 0 Å². The zero-order valence-electron chi connectivity index (χ0n) is 11.0. The third kappa shape index (κ3) is 4.10. The Morgan fingerprint density at radius 3 is 2.44 bits per heavy atom. The number of carbonyl (C=O) groups is 1. The molecule has 1 aliphatic heterocycles. The number of amides is 1. The SMILES string of the molecule is CCCC1(N)CN(CC(=O)NC(C)(C)C)C1. The lowest BCUT2D eigenvalue weighted by atomic mass is 9.86. The Morgan fingerprint density at radius 2 is 2.00 bits per heavy atom. The van der Waals surface area contributed by atoms with Gasteiger partial charge in [0, 0.05) is 24.2 Å². The van der Waals surface area contributed by atoms with Gasteiger partial charge in [0.15, 0.2) is 0 Å². The molecule has 1 heterocycles. The number of nitrogens with one attached hydrogen (secondary N) is 1. The summed E-state index contributed by atoms with van der Waals surface area (Å²) in [6.07, 6.45) is 2.16. The maximum absolute atomic E-state index is 11.6. The van der Waals surface area contributed by atoms with Gasteiger partial charge in [0.1, 0.15) is 0 Å². The smallest absolute Gasteiger partial charge is 0.234 e. The Morgan fingerprint density at radius 1 is 1.44 bits per heavy atom. The van der Waals surface area contributed by atoms with Gasteiger partial charge in [-0.05, 0) is 27.2 Å². The van der Waals surface area contributed by atoms with Crippen LogP contribution in [0.1, 0.15) is 40.5 Å². The van der Waals surface area contributed by atoms with E-state index < -0.39 is 0 Å². The van der Waals surface area contributed by atoms with Crippen molar-refractivity contribution in [3.05, 3.63) is 0 Å². The minimum Gasteiger partial charge on any atom is -0.350 e. The van der Waals surface area contributed by atoms with Crippen molar-refractivity contribution >= 4 is 5.91 Å². The first-order valence-electron chi connectivity index (χ1n) is 6.06. The van der Waals surface area contributed by atoms with Gasteiger partial charge in [0.05, 0.1) is 6.54 Å². The van der Waals surface area contributed by atoms with Crippen molar-refractivity contribution in [2.75, 3.05) is 19.6 Å². The summed E-state index contributed by atoms with van der Waals surface area (Å²) >= 11 is 0. The molecule has 16 heavy (non-hydrogen) atoms. The number of nitrogens with zero attached hydrogens (tertiary/aromatic N) is 1. The van der Waals surface area contributed by atoms with Crippen LogP contribution in [-0.4, -0.2) is 41.5 Å². The first kappa shape index (κ1) is 13.5.